The lowest BCUT2D eigenvalue weighted by Crippen LogP contribution is -2.10. The second-order valence-electron chi connectivity index (χ2n) is 2.74. The van der Waals surface area contributed by atoms with E-state index in [1.165, 1.54) is 25.3 Å². The molecular weight excluding hydrogens is 186 g/mol. The summed E-state index contributed by atoms with van der Waals surface area (Å²) in [5.41, 5.74) is 6.07. The first-order valence-electron chi connectivity index (χ1n) is 3.90. The zero-order valence-corrected chi connectivity index (χ0v) is 7.60. The first kappa shape index (κ1) is 10.3. The van der Waals surface area contributed by atoms with E-state index < -0.39 is 12.1 Å². The van der Waals surface area contributed by atoms with Crippen LogP contribution in [0.5, 0.6) is 5.75 Å². The van der Waals surface area contributed by atoms with Gasteiger partial charge < -0.3 is 20.7 Å². The topological polar surface area (TPSA) is 92.8 Å². The number of carboxylic acids is 1. The molecule has 76 valence electrons. The van der Waals surface area contributed by atoms with Crippen molar-refractivity contribution in [3.8, 4) is 5.75 Å². The first-order chi connectivity index (χ1) is 6.56. The average molecular weight is 197 g/mol. The Morgan fingerprint density at radius 3 is 2.64 bits per heavy atom. The number of anilines is 1. The number of nitrogen functional groups attached to an aromatic ring is 1. The Kier molecular flexibility index (Phi) is 2.93. The molecule has 0 aromatic heterocycles. The molecule has 1 unspecified atom stereocenters. The maximum absolute atomic E-state index is 10.4. The number of methoxy groups -OCH3 is 1. The SMILES string of the molecule is COc1ccc(C(O)C(=O)O)cc1N. The van der Waals surface area contributed by atoms with Gasteiger partial charge in [-0.1, -0.05) is 6.07 Å². The van der Waals surface area contributed by atoms with Gasteiger partial charge in [-0.2, -0.15) is 0 Å². The van der Waals surface area contributed by atoms with Crippen LogP contribution in [0.1, 0.15) is 11.7 Å². The van der Waals surface area contributed by atoms with Crippen molar-refractivity contribution in [1.29, 1.82) is 0 Å². The lowest BCUT2D eigenvalue weighted by atomic mass is 10.1. The summed E-state index contributed by atoms with van der Waals surface area (Å²) in [6.07, 6.45) is -1.55. The quantitative estimate of drug-likeness (QED) is 0.610. The molecule has 0 fully saturated rings. The molecule has 0 bridgehead atoms. The average Bonchev–Trinajstić information content (AvgIpc) is 2.16. The minimum absolute atomic E-state index is 0.232. The molecule has 14 heavy (non-hydrogen) atoms. The van der Waals surface area contributed by atoms with Crippen molar-refractivity contribution in [2.24, 2.45) is 0 Å². The van der Waals surface area contributed by atoms with E-state index in [1.807, 2.05) is 0 Å². The van der Waals surface area contributed by atoms with Crippen molar-refractivity contribution in [3.05, 3.63) is 23.8 Å². The van der Waals surface area contributed by atoms with Gasteiger partial charge in [0.1, 0.15) is 5.75 Å². The number of carboxylic acid groups (broad SMARTS) is 1. The van der Waals surface area contributed by atoms with Gasteiger partial charge in [0.25, 0.3) is 0 Å². The van der Waals surface area contributed by atoms with Gasteiger partial charge in [-0.3, -0.25) is 0 Å². The Labute approximate surface area is 80.7 Å². The van der Waals surface area contributed by atoms with Crippen molar-refractivity contribution in [3.63, 3.8) is 0 Å². The van der Waals surface area contributed by atoms with Crippen LogP contribution in [0, 0.1) is 0 Å². The summed E-state index contributed by atoms with van der Waals surface area (Å²) in [5, 5.41) is 17.7. The van der Waals surface area contributed by atoms with Crippen molar-refractivity contribution in [2.75, 3.05) is 12.8 Å². The summed E-state index contributed by atoms with van der Waals surface area (Å²) >= 11 is 0. The Morgan fingerprint density at radius 2 is 2.21 bits per heavy atom. The number of nitrogens with two attached hydrogens (primary N) is 1. The third-order valence-electron chi connectivity index (χ3n) is 1.80. The predicted molar refractivity (Wildman–Crippen MR) is 50.0 cm³/mol. The molecule has 0 aliphatic rings. The van der Waals surface area contributed by atoms with Crippen molar-refractivity contribution in [2.45, 2.75) is 6.10 Å². The van der Waals surface area contributed by atoms with Gasteiger partial charge in [0.05, 0.1) is 12.8 Å². The molecule has 1 rings (SSSR count). The molecule has 0 radical (unpaired) electrons. The van der Waals surface area contributed by atoms with Crippen LogP contribution in [0.3, 0.4) is 0 Å². The Morgan fingerprint density at radius 1 is 1.57 bits per heavy atom. The van der Waals surface area contributed by atoms with Gasteiger partial charge >= 0.3 is 5.97 Å². The standard InChI is InChI=1S/C9H11NO4/c1-14-7-3-2-5(4-6(7)10)8(11)9(12)13/h2-4,8,11H,10H2,1H3,(H,12,13). The van der Waals surface area contributed by atoms with E-state index in [-0.39, 0.29) is 5.56 Å². The highest BCUT2D eigenvalue weighted by Crippen LogP contribution is 2.25. The fourth-order valence-electron chi connectivity index (χ4n) is 1.07. The zero-order valence-electron chi connectivity index (χ0n) is 7.60. The molecule has 1 atom stereocenters. The van der Waals surface area contributed by atoms with E-state index >= 15 is 0 Å². The highest BCUT2D eigenvalue weighted by Gasteiger charge is 2.16. The lowest BCUT2D eigenvalue weighted by molar-refractivity contribution is -0.146. The van der Waals surface area contributed by atoms with Crippen LogP contribution in [-0.2, 0) is 4.79 Å². The number of carbonyl (C=O) groups is 1. The molecule has 1 aromatic rings. The van der Waals surface area contributed by atoms with E-state index in [1.54, 1.807) is 0 Å². The fraction of sp³-hybridized carbons (Fsp3) is 0.222. The van der Waals surface area contributed by atoms with Gasteiger partial charge in [0.2, 0.25) is 0 Å². The summed E-state index contributed by atoms with van der Waals surface area (Å²) in [6, 6.07) is 4.34. The normalized spacial score (nSPS) is 12.1. The van der Waals surface area contributed by atoms with E-state index in [9.17, 15) is 9.90 Å². The van der Waals surface area contributed by atoms with Crippen LogP contribution in [0.15, 0.2) is 18.2 Å². The molecule has 0 aliphatic carbocycles. The largest absolute Gasteiger partial charge is 0.495 e. The zero-order chi connectivity index (χ0) is 10.7. The first-order valence-corrected chi connectivity index (χ1v) is 3.90. The molecule has 5 nitrogen and oxygen atoms in total. The molecule has 0 saturated carbocycles. The number of ether oxygens (including phenoxy) is 1. The monoisotopic (exact) mass is 197 g/mol. The van der Waals surface area contributed by atoms with E-state index in [2.05, 4.69) is 0 Å². The summed E-state index contributed by atoms with van der Waals surface area (Å²) in [6.45, 7) is 0. The van der Waals surface area contributed by atoms with Crippen LogP contribution in [-0.4, -0.2) is 23.3 Å². The maximum Gasteiger partial charge on any atom is 0.337 e. The number of aliphatic hydroxyl groups is 1. The van der Waals surface area contributed by atoms with Gasteiger partial charge in [-0.05, 0) is 17.7 Å². The lowest BCUT2D eigenvalue weighted by Gasteiger charge is -2.09. The third-order valence-corrected chi connectivity index (χ3v) is 1.80. The van der Waals surface area contributed by atoms with Crippen LogP contribution in [0.2, 0.25) is 0 Å². The maximum atomic E-state index is 10.4. The highest BCUT2D eigenvalue weighted by atomic mass is 16.5. The second-order valence-corrected chi connectivity index (χ2v) is 2.74. The number of aliphatic hydroxyl groups excluding tert-OH is 1. The number of benzene rings is 1. The number of aliphatic carboxylic acids is 1. The van der Waals surface area contributed by atoms with Crippen LogP contribution < -0.4 is 10.5 Å². The molecule has 0 spiro atoms. The summed E-state index contributed by atoms with van der Waals surface area (Å²) < 4.78 is 4.89. The molecule has 5 heteroatoms. The van der Waals surface area contributed by atoms with E-state index in [0.29, 0.717) is 11.4 Å². The number of rotatable bonds is 3. The fourth-order valence-corrected chi connectivity index (χ4v) is 1.07. The molecule has 4 N–H and O–H groups in total. The molecule has 0 heterocycles. The van der Waals surface area contributed by atoms with Gasteiger partial charge in [0.15, 0.2) is 6.10 Å². The summed E-state index contributed by atoms with van der Waals surface area (Å²) in [5.74, 6) is -0.860. The number of hydrogen-bond acceptors (Lipinski definition) is 4. The predicted octanol–water partition coefficient (Wildman–Crippen LogP) is 0.395. The Balaban J connectivity index is 3.02. The minimum Gasteiger partial charge on any atom is -0.495 e. The van der Waals surface area contributed by atoms with Crippen molar-refractivity contribution >= 4 is 11.7 Å². The number of hydrogen-bond donors (Lipinski definition) is 3. The third kappa shape index (κ3) is 1.94. The molecular formula is C9H11NO4. The smallest absolute Gasteiger partial charge is 0.337 e. The summed E-state index contributed by atoms with van der Waals surface area (Å²) in [4.78, 5) is 10.4. The van der Waals surface area contributed by atoms with Crippen molar-refractivity contribution in [1.82, 2.24) is 0 Å². The minimum atomic E-state index is -1.55. The van der Waals surface area contributed by atoms with E-state index in [0.717, 1.165) is 0 Å². The van der Waals surface area contributed by atoms with Crippen molar-refractivity contribution < 1.29 is 19.7 Å². The molecule has 0 saturated heterocycles. The van der Waals surface area contributed by atoms with Crippen LogP contribution in [0.25, 0.3) is 0 Å². The molecule has 0 aliphatic heterocycles. The van der Waals surface area contributed by atoms with E-state index in [4.69, 9.17) is 15.6 Å². The molecule has 0 amide bonds. The summed E-state index contributed by atoms with van der Waals surface area (Å²) in [7, 11) is 1.46. The Hall–Kier alpha value is -1.75. The van der Waals surface area contributed by atoms with Crippen LogP contribution in [0.4, 0.5) is 5.69 Å². The second kappa shape index (κ2) is 3.97. The van der Waals surface area contributed by atoms with Gasteiger partial charge in [-0.25, -0.2) is 4.79 Å². The van der Waals surface area contributed by atoms with Gasteiger partial charge in [-0.15, -0.1) is 0 Å². The Bertz CT molecular complexity index is 351. The molecule has 1 aromatic carbocycles. The highest BCUT2D eigenvalue weighted by molar-refractivity contribution is 5.75. The van der Waals surface area contributed by atoms with Crippen LogP contribution >= 0.6 is 0 Å². The van der Waals surface area contributed by atoms with Gasteiger partial charge in [0, 0.05) is 0 Å².